The van der Waals surface area contributed by atoms with E-state index in [1.807, 2.05) is 6.07 Å². The molecular weight excluding hydrogens is 238 g/mol. The number of aromatic carboxylic acids is 1. The third kappa shape index (κ3) is 2.61. The molecule has 2 rings (SSSR count). The maximum atomic E-state index is 10.8. The van der Waals surface area contributed by atoms with Crippen LogP contribution in [-0.2, 0) is 0 Å². The number of halogens is 1. The highest BCUT2D eigenvalue weighted by Crippen LogP contribution is 2.25. The number of carbonyl (C=O) groups is 1. The standard InChI is InChI=1S/C13H14ClNO2/c1-9-4-6-15(7-5-9)10-2-3-11(13(16)17)12(14)8-10/h2-4,8H,5-7H2,1H3,(H,16,17). The van der Waals surface area contributed by atoms with Gasteiger partial charge in [-0.25, -0.2) is 4.79 Å². The molecule has 0 bridgehead atoms. The Kier molecular flexibility index (Phi) is 3.38. The summed E-state index contributed by atoms with van der Waals surface area (Å²) >= 11 is 5.95. The van der Waals surface area contributed by atoms with Gasteiger partial charge >= 0.3 is 5.97 Å². The Morgan fingerprint density at radius 2 is 2.24 bits per heavy atom. The fourth-order valence-corrected chi connectivity index (χ4v) is 2.13. The number of hydrogen-bond acceptors (Lipinski definition) is 2. The van der Waals surface area contributed by atoms with E-state index in [0.29, 0.717) is 5.02 Å². The van der Waals surface area contributed by atoms with Crippen molar-refractivity contribution in [1.82, 2.24) is 0 Å². The van der Waals surface area contributed by atoms with E-state index in [1.165, 1.54) is 5.57 Å². The van der Waals surface area contributed by atoms with Crippen LogP contribution < -0.4 is 4.90 Å². The second-order valence-electron chi connectivity index (χ2n) is 4.22. The molecule has 17 heavy (non-hydrogen) atoms. The summed E-state index contributed by atoms with van der Waals surface area (Å²) in [6.45, 7) is 3.93. The minimum Gasteiger partial charge on any atom is -0.478 e. The Morgan fingerprint density at radius 3 is 2.76 bits per heavy atom. The van der Waals surface area contributed by atoms with Crippen molar-refractivity contribution < 1.29 is 9.90 Å². The zero-order chi connectivity index (χ0) is 12.4. The van der Waals surface area contributed by atoms with Crippen molar-refractivity contribution in [2.75, 3.05) is 18.0 Å². The van der Waals surface area contributed by atoms with Crippen LogP contribution in [0.25, 0.3) is 0 Å². The maximum Gasteiger partial charge on any atom is 0.337 e. The number of hydrogen-bond donors (Lipinski definition) is 1. The van der Waals surface area contributed by atoms with Crippen LogP contribution in [0.1, 0.15) is 23.7 Å². The van der Waals surface area contributed by atoms with Crippen molar-refractivity contribution in [2.24, 2.45) is 0 Å². The van der Waals surface area contributed by atoms with E-state index in [9.17, 15) is 4.79 Å². The fraction of sp³-hybridized carbons (Fsp3) is 0.308. The normalized spacial score (nSPS) is 15.6. The van der Waals surface area contributed by atoms with Gasteiger partial charge in [0.2, 0.25) is 0 Å². The van der Waals surface area contributed by atoms with Crippen LogP contribution in [0.3, 0.4) is 0 Å². The smallest absolute Gasteiger partial charge is 0.337 e. The van der Waals surface area contributed by atoms with Gasteiger partial charge in [0.15, 0.2) is 0 Å². The molecule has 0 aromatic heterocycles. The predicted molar refractivity (Wildman–Crippen MR) is 69.0 cm³/mol. The molecule has 90 valence electrons. The van der Waals surface area contributed by atoms with E-state index in [2.05, 4.69) is 17.9 Å². The molecule has 1 aromatic rings. The molecule has 0 spiro atoms. The summed E-state index contributed by atoms with van der Waals surface area (Å²) in [7, 11) is 0. The molecule has 1 aromatic carbocycles. The lowest BCUT2D eigenvalue weighted by Crippen LogP contribution is -2.28. The summed E-state index contributed by atoms with van der Waals surface area (Å²) in [6.07, 6.45) is 3.22. The second-order valence-corrected chi connectivity index (χ2v) is 4.62. The third-order valence-corrected chi connectivity index (χ3v) is 3.30. The van der Waals surface area contributed by atoms with Crippen molar-refractivity contribution in [1.29, 1.82) is 0 Å². The van der Waals surface area contributed by atoms with Crippen molar-refractivity contribution >= 4 is 23.3 Å². The minimum atomic E-state index is -0.990. The number of anilines is 1. The summed E-state index contributed by atoms with van der Waals surface area (Å²) in [5.41, 5.74) is 2.53. The van der Waals surface area contributed by atoms with Crippen LogP contribution in [0.2, 0.25) is 5.02 Å². The fourth-order valence-electron chi connectivity index (χ4n) is 1.88. The molecule has 0 atom stereocenters. The molecule has 3 nitrogen and oxygen atoms in total. The van der Waals surface area contributed by atoms with E-state index in [4.69, 9.17) is 16.7 Å². The zero-order valence-corrected chi connectivity index (χ0v) is 10.4. The lowest BCUT2D eigenvalue weighted by atomic mass is 10.1. The van der Waals surface area contributed by atoms with Crippen molar-refractivity contribution in [3.8, 4) is 0 Å². The Bertz CT molecular complexity index is 482. The van der Waals surface area contributed by atoms with Gasteiger partial charge in [-0.2, -0.15) is 0 Å². The third-order valence-electron chi connectivity index (χ3n) is 2.98. The maximum absolute atomic E-state index is 10.8. The largest absolute Gasteiger partial charge is 0.478 e. The Hall–Kier alpha value is -1.48. The molecule has 0 radical (unpaired) electrons. The number of benzene rings is 1. The molecule has 0 unspecified atom stereocenters. The Labute approximate surface area is 105 Å². The van der Waals surface area contributed by atoms with Gasteiger partial charge in [-0.1, -0.05) is 23.3 Å². The topological polar surface area (TPSA) is 40.5 Å². The lowest BCUT2D eigenvalue weighted by molar-refractivity contribution is 0.0697. The van der Waals surface area contributed by atoms with Gasteiger partial charge in [0.05, 0.1) is 10.6 Å². The molecule has 0 saturated heterocycles. The van der Waals surface area contributed by atoms with Gasteiger partial charge in [-0.3, -0.25) is 0 Å². The number of carboxylic acid groups (broad SMARTS) is 1. The number of nitrogens with zero attached hydrogens (tertiary/aromatic N) is 1. The molecule has 1 aliphatic heterocycles. The van der Waals surface area contributed by atoms with Crippen LogP contribution in [0.5, 0.6) is 0 Å². The first kappa shape index (κ1) is 12.0. The first-order valence-electron chi connectivity index (χ1n) is 5.51. The van der Waals surface area contributed by atoms with Gasteiger partial charge in [0, 0.05) is 18.8 Å². The number of rotatable bonds is 2. The first-order chi connectivity index (χ1) is 8.08. The number of carboxylic acids is 1. The van der Waals surface area contributed by atoms with Crippen molar-refractivity contribution in [3.63, 3.8) is 0 Å². The average Bonchev–Trinajstić information content (AvgIpc) is 2.29. The van der Waals surface area contributed by atoms with Crippen LogP contribution in [-0.4, -0.2) is 24.2 Å². The average molecular weight is 252 g/mol. The van der Waals surface area contributed by atoms with Crippen molar-refractivity contribution in [3.05, 3.63) is 40.4 Å². The van der Waals surface area contributed by atoms with E-state index >= 15 is 0 Å². The molecule has 0 fully saturated rings. The molecule has 0 amide bonds. The molecule has 0 saturated carbocycles. The van der Waals surface area contributed by atoms with E-state index in [1.54, 1.807) is 12.1 Å². The SMILES string of the molecule is CC1=CCN(c2ccc(C(=O)O)c(Cl)c2)CC1. The van der Waals surface area contributed by atoms with Gasteiger partial charge in [-0.15, -0.1) is 0 Å². The van der Waals surface area contributed by atoms with Gasteiger partial charge < -0.3 is 10.0 Å². The predicted octanol–water partition coefficient (Wildman–Crippen LogP) is 3.19. The highest BCUT2D eigenvalue weighted by atomic mass is 35.5. The van der Waals surface area contributed by atoms with Crippen LogP contribution >= 0.6 is 11.6 Å². The van der Waals surface area contributed by atoms with E-state index in [0.717, 1.165) is 25.2 Å². The van der Waals surface area contributed by atoms with Crippen LogP contribution in [0.4, 0.5) is 5.69 Å². The molecular formula is C13H14ClNO2. The van der Waals surface area contributed by atoms with Crippen LogP contribution in [0, 0.1) is 0 Å². The van der Waals surface area contributed by atoms with Crippen LogP contribution in [0.15, 0.2) is 29.8 Å². The minimum absolute atomic E-state index is 0.152. The van der Waals surface area contributed by atoms with E-state index in [-0.39, 0.29) is 5.56 Å². The quantitative estimate of drug-likeness (QED) is 0.821. The molecule has 1 heterocycles. The monoisotopic (exact) mass is 251 g/mol. The summed E-state index contributed by atoms with van der Waals surface area (Å²) in [5.74, 6) is -0.990. The van der Waals surface area contributed by atoms with Gasteiger partial charge in [-0.05, 0) is 31.5 Å². The summed E-state index contributed by atoms with van der Waals surface area (Å²) < 4.78 is 0. The Morgan fingerprint density at radius 1 is 1.47 bits per heavy atom. The summed E-state index contributed by atoms with van der Waals surface area (Å²) in [4.78, 5) is 13.0. The Balaban J connectivity index is 2.23. The second kappa shape index (κ2) is 4.80. The molecule has 1 aliphatic rings. The first-order valence-corrected chi connectivity index (χ1v) is 5.89. The van der Waals surface area contributed by atoms with Crippen molar-refractivity contribution in [2.45, 2.75) is 13.3 Å². The zero-order valence-electron chi connectivity index (χ0n) is 9.61. The molecule has 0 aliphatic carbocycles. The van der Waals surface area contributed by atoms with Gasteiger partial charge in [0.25, 0.3) is 0 Å². The highest BCUT2D eigenvalue weighted by Gasteiger charge is 2.14. The molecule has 1 N–H and O–H groups in total. The highest BCUT2D eigenvalue weighted by molar-refractivity contribution is 6.33. The van der Waals surface area contributed by atoms with Gasteiger partial charge in [0.1, 0.15) is 0 Å². The summed E-state index contributed by atoms with van der Waals surface area (Å²) in [5, 5.41) is 9.19. The molecule has 4 heteroatoms. The van der Waals surface area contributed by atoms with E-state index < -0.39 is 5.97 Å². The summed E-state index contributed by atoms with van der Waals surface area (Å²) in [6, 6.07) is 5.09. The lowest BCUT2D eigenvalue weighted by Gasteiger charge is -2.27.